The Balaban J connectivity index is 2.30. The quantitative estimate of drug-likeness (QED) is 0.628. The number of carbonyl (C=O) groups is 1. The predicted molar refractivity (Wildman–Crippen MR) is 88.0 cm³/mol. The lowest BCUT2D eigenvalue weighted by molar-refractivity contribution is 0.0870. The van der Waals surface area contributed by atoms with Gasteiger partial charge in [0.05, 0.1) is 0 Å². The summed E-state index contributed by atoms with van der Waals surface area (Å²) in [6.45, 7) is 3.76. The van der Waals surface area contributed by atoms with Crippen LogP contribution >= 0.6 is 0 Å². The van der Waals surface area contributed by atoms with Gasteiger partial charge in [0.2, 0.25) is 11.7 Å². The van der Waals surface area contributed by atoms with Gasteiger partial charge in [0.1, 0.15) is 11.8 Å². The van der Waals surface area contributed by atoms with Crippen molar-refractivity contribution >= 4 is 12.0 Å². The van der Waals surface area contributed by atoms with Crippen molar-refractivity contribution < 1.29 is 9.53 Å². The van der Waals surface area contributed by atoms with Crippen LogP contribution in [0, 0.1) is 25.2 Å². The third kappa shape index (κ3) is 4.01. The Morgan fingerprint density at radius 2 is 1.96 bits per heavy atom. The normalized spacial score (nSPS) is 11.9. The van der Waals surface area contributed by atoms with E-state index in [9.17, 15) is 4.79 Å². The number of rotatable bonds is 5. The minimum atomic E-state index is -0.886. The van der Waals surface area contributed by atoms with E-state index in [0.29, 0.717) is 5.56 Å². The lowest BCUT2D eigenvalue weighted by atomic mass is 10.1. The number of ketones is 1. The number of pyridine rings is 1. The van der Waals surface area contributed by atoms with Crippen LogP contribution in [0.5, 0.6) is 5.88 Å². The number of nitriles is 1. The molecule has 0 amide bonds. The minimum Gasteiger partial charge on any atom is -0.460 e. The molecule has 5 nitrogen and oxygen atoms in total. The van der Waals surface area contributed by atoms with Gasteiger partial charge in [-0.3, -0.25) is 9.79 Å². The van der Waals surface area contributed by atoms with Crippen LogP contribution in [0.1, 0.15) is 27.2 Å². The zero-order chi connectivity index (χ0) is 16.8. The molecule has 1 heterocycles. The standard InChI is InChI=1S/C18H17N3O2/c1-12-4-7-14(8-5-12)17(22)16(11-20-3)23-18-13(2)6-9-15(10-19)21-18/h4-9,11,16H,1-3H3. The molecule has 0 bridgehead atoms. The summed E-state index contributed by atoms with van der Waals surface area (Å²) in [6, 6.07) is 12.5. The van der Waals surface area contributed by atoms with E-state index in [0.717, 1.165) is 11.1 Å². The van der Waals surface area contributed by atoms with Gasteiger partial charge in [0.15, 0.2) is 6.10 Å². The average Bonchev–Trinajstić information content (AvgIpc) is 2.56. The summed E-state index contributed by atoms with van der Waals surface area (Å²) in [6.07, 6.45) is 0.547. The number of Topliss-reactive ketones (excluding diaryl/α,β-unsaturated/α-hetero) is 1. The van der Waals surface area contributed by atoms with Gasteiger partial charge in [-0.1, -0.05) is 35.9 Å². The Labute approximate surface area is 135 Å². The molecule has 2 rings (SSSR count). The van der Waals surface area contributed by atoms with Crippen molar-refractivity contribution in [3.8, 4) is 11.9 Å². The van der Waals surface area contributed by atoms with Gasteiger partial charge < -0.3 is 4.74 Å². The number of nitrogens with zero attached hydrogens (tertiary/aromatic N) is 3. The molecule has 0 aliphatic heterocycles. The van der Waals surface area contributed by atoms with Crippen LogP contribution < -0.4 is 4.74 Å². The molecular weight excluding hydrogens is 290 g/mol. The third-order valence-electron chi connectivity index (χ3n) is 3.28. The van der Waals surface area contributed by atoms with Gasteiger partial charge in [-0.25, -0.2) is 4.98 Å². The van der Waals surface area contributed by atoms with Gasteiger partial charge in [-0.05, 0) is 19.9 Å². The van der Waals surface area contributed by atoms with Gasteiger partial charge in [-0.2, -0.15) is 5.26 Å². The van der Waals surface area contributed by atoms with Crippen molar-refractivity contribution in [3.63, 3.8) is 0 Å². The van der Waals surface area contributed by atoms with Crippen LogP contribution in [0.15, 0.2) is 41.4 Å². The SMILES string of the molecule is CN=CC(Oc1nc(C#N)ccc1C)C(=O)c1ccc(C)cc1. The fraction of sp³-hybridized carbons (Fsp3) is 0.222. The molecule has 116 valence electrons. The average molecular weight is 307 g/mol. The first kappa shape index (κ1) is 16.4. The number of aryl methyl sites for hydroxylation is 2. The van der Waals surface area contributed by atoms with E-state index in [2.05, 4.69) is 9.98 Å². The molecule has 2 aromatic rings. The Kier molecular flexibility index (Phi) is 5.21. The minimum absolute atomic E-state index is 0.209. The first-order valence-electron chi connectivity index (χ1n) is 7.12. The molecule has 1 atom stereocenters. The zero-order valence-corrected chi connectivity index (χ0v) is 13.3. The van der Waals surface area contributed by atoms with Crippen LogP contribution in [0.25, 0.3) is 0 Å². The van der Waals surface area contributed by atoms with Gasteiger partial charge in [-0.15, -0.1) is 0 Å². The largest absolute Gasteiger partial charge is 0.460 e. The molecule has 1 unspecified atom stereocenters. The van der Waals surface area contributed by atoms with Crippen LogP contribution in [-0.2, 0) is 0 Å². The number of ether oxygens (including phenoxy) is 1. The van der Waals surface area contributed by atoms with Crippen molar-refractivity contribution in [2.75, 3.05) is 7.05 Å². The Hall–Kier alpha value is -3.00. The molecule has 0 saturated carbocycles. The maximum atomic E-state index is 12.6. The topological polar surface area (TPSA) is 75.3 Å². The Bertz CT molecular complexity index is 774. The summed E-state index contributed by atoms with van der Waals surface area (Å²) < 4.78 is 5.71. The Morgan fingerprint density at radius 1 is 1.26 bits per heavy atom. The maximum absolute atomic E-state index is 12.6. The number of aromatic nitrogens is 1. The second-order valence-corrected chi connectivity index (χ2v) is 5.11. The molecule has 0 radical (unpaired) electrons. The first-order valence-corrected chi connectivity index (χ1v) is 7.12. The monoisotopic (exact) mass is 307 g/mol. The molecule has 1 aromatic heterocycles. The lowest BCUT2D eigenvalue weighted by Crippen LogP contribution is -2.29. The second-order valence-electron chi connectivity index (χ2n) is 5.11. The smallest absolute Gasteiger partial charge is 0.218 e. The van der Waals surface area contributed by atoms with E-state index >= 15 is 0 Å². The van der Waals surface area contributed by atoms with E-state index in [1.54, 1.807) is 38.2 Å². The van der Waals surface area contributed by atoms with Crippen molar-refractivity contribution in [1.82, 2.24) is 4.98 Å². The van der Waals surface area contributed by atoms with Crippen LogP contribution in [0.3, 0.4) is 0 Å². The fourth-order valence-corrected chi connectivity index (χ4v) is 1.98. The Morgan fingerprint density at radius 3 is 2.57 bits per heavy atom. The number of aliphatic imine (C=N–C) groups is 1. The molecule has 1 aromatic carbocycles. The summed E-state index contributed by atoms with van der Waals surface area (Å²) in [5, 5.41) is 8.94. The summed E-state index contributed by atoms with van der Waals surface area (Å²) in [4.78, 5) is 20.6. The highest BCUT2D eigenvalue weighted by molar-refractivity contribution is 6.08. The van der Waals surface area contributed by atoms with E-state index in [-0.39, 0.29) is 17.4 Å². The number of hydrogen-bond acceptors (Lipinski definition) is 5. The molecule has 0 saturated heterocycles. The zero-order valence-electron chi connectivity index (χ0n) is 13.3. The first-order chi connectivity index (χ1) is 11.0. The molecule has 0 aliphatic carbocycles. The van der Waals surface area contributed by atoms with Crippen LogP contribution in [0.2, 0.25) is 0 Å². The molecule has 0 spiro atoms. The van der Waals surface area contributed by atoms with Crippen molar-refractivity contribution in [1.29, 1.82) is 5.26 Å². The van der Waals surface area contributed by atoms with E-state index in [1.165, 1.54) is 6.21 Å². The van der Waals surface area contributed by atoms with Crippen molar-refractivity contribution in [3.05, 3.63) is 58.8 Å². The van der Waals surface area contributed by atoms with E-state index < -0.39 is 6.10 Å². The fourth-order valence-electron chi connectivity index (χ4n) is 1.98. The summed E-state index contributed by atoms with van der Waals surface area (Å²) in [7, 11) is 1.57. The molecule has 0 aliphatic rings. The van der Waals surface area contributed by atoms with Gasteiger partial charge in [0, 0.05) is 24.4 Å². The number of benzene rings is 1. The van der Waals surface area contributed by atoms with Crippen molar-refractivity contribution in [2.24, 2.45) is 4.99 Å². The van der Waals surface area contributed by atoms with E-state index in [1.807, 2.05) is 25.1 Å². The molecule has 5 heteroatoms. The highest BCUT2D eigenvalue weighted by Gasteiger charge is 2.21. The summed E-state index contributed by atoms with van der Waals surface area (Å²) in [5.74, 6) is 0.0496. The molecule has 0 fully saturated rings. The number of carbonyl (C=O) groups excluding carboxylic acids is 1. The van der Waals surface area contributed by atoms with Crippen LogP contribution in [-0.4, -0.2) is 30.1 Å². The van der Waals surface area contributed by atoms with Crippen LogP contribution in [0.4, 0.5) is 0 Å². The van der Waals surface area contributed by atoms with E-state index in [4.69, 9.17) is 10.00 Å². The lowest BCUT2D eigenvalue weighted by Gasteiger charge is -2.15. The summed E-state index contributed by atoms with van der Waals surface area (Å²) in [5.41, 5.74) is 2.59. The maximum Gasteiger partial charge on any atom is 0.218 e. The highest BCUT2D eigenvalue weighted by Crippen LogP contribution is 2.18. The second kappa shape index (κ2) is 7.32. The van der Waals surface area contributed by atoms with Gasteiger partial charge in [0.25, 0.3) is 0 Å². The molecule has 0 N–H and O–H groups in total. The van der Waals surface area contributed by atoms with Crippen molar-refractivity contribution in [2.45, 2.75) is 20.0 Å². The highest BCUT2D eigenvalue weighted by atomic mass is 16.5. The molecule has 23 heavy (non-hydrogen) atoms. The number of hydrogen-bond donors (Lipinski definition) is 0. The molecular formula is C18H17N3O2. The predicted octanol–water partition coefficient (Wildman–Crippen LogP) is 2.90. The summed E-state index contributed by atoms with van der Waals surface area (Å²) >= 11 is 0. The van der Waals surface area contributed by atoms with Gasteiger partial charge >= 0.3 is 0 Å². The third-order valence-corrected chi connectivity index (χ3v) is 3.28.